The largest absolute Gasteiger partial charge is 0.507 e. The van der Waals surface area contributed by atoms with Crippen molar-refractivity contribution in [1.29, 1.82) is 0 Å². The van der Waals surface area contributed by atoms with Gasteiger partial charge in [0.15, 0.2) is 5.66 Å². The van der Waals surface area contributed by atoms with E-state index in [0.717, 1.165) is 5.56 Å². The van der Waals surface area contributed by atoms with Crippen LogP contribution in [0.15, 0.2) is 76.7 Å². The molecular formula is C22H16N2O2. The van der Waals surface area contributed by atoms with Crippen molar-refractivity contribution in [2.24, 2.45) is 9.98 Å². The van der Waals surface area contributed by atoms with Gasteiger partial charge >= 0.3 is 0 Å². The van der Waals surface area contributed by atoms with Crippen LogP contribution in [0.2, 0.25) is 0 Å². The quantitative estimate of drug-likeness (QED) is 0.411. The first-order chi connectivity index (χ1) is 12.6. The average Bonchev–Trinajstić information content (AvgIpc) is 3.04. The van der Waals surface area contributed by atoms with Gasteiger partial charge in [0.05, 0.1) is 16.1 Å². The molecule has 0 bridgehead atoms. The Morgan fingerprint density at radius 2 is 1.35 bits per heavy atom. The fraction of sp³-hybridized carbons (Fsp3) is 0.0909. The summed E-state index contributed by atoms with van der Waals surface area (Å²) in [6.07, 6.45) is 0. The molecule has 0 saturated carbocycles. The van der Waals surface area contributed by atoms with E-state index in [-0.39, 0.29) is 11.5 Å². The zero-order valence-corrected chi connectivity index (χ0v) is 14.1. The molecule has 0 spiro atoms. The molecule has 4 heteroatoms. The van der Waals surface area contributed by atoms with Crippen molar-refractivity contribution in [2.75, 3.05) is 0 Å². The molecule has 0 saturated heterocycles. The first-order valence-corrected chi connectivity index (χ1v) is 8.49. The van der Waals surface area contributed by atoms with Gasteiger partial charge in [0, 0.05) is 21.7 Å². The molecule has 0 aromatic heterocycles. The van der Waals surface area contributed by atoms with Gasteiger partial charge in [0.2, 0.25) is 0 Å². The molecule has 0 aliphatic carbocycles. The smallest absolute Gasteiger partial charge is 0.174 e. The van der Waals surface area contributed by atoms with Crippen LogP contribution in [-0.4, -0.2) is 10.2 Å². The third-order valence-corrected chi connectivity index (χ3v) is 5.07. The Kier molecular flexibility index (Phi) is 2.89. The van der Waals surface area contributed by atoms with Gasteiger partial charge in [-0.25, -0.2) is 9.98 Å². The first-order valence-electron chi connectivity index (χ1n) is 8.49. The number of hydrogen-bond acceptors (Lipinski definition) is 4. The monoisotopic (exact) mass is 340 g/mol. The average molecular weight is 340 g/mol. The van der Waals surface area contributed by atoms with Crippen molar-refractivity contribution in [2.45, 2.75) is 12.6 Å². The lowest BCUT2D eigenvalue weighted by Crippen LogP contribution is -2.22. The van der Waals surface area contributed by atoms with E-state index in [1.165, 1.54) is 0 Å². The lowest BCUT2D eigenvalue weighted by molar-refractivity contribution is 0.478. The molecule has 126 valence electrons. The van der Waals surface area contributed by atoms with E-state index in [0.29, 0.717) is 32.3 Å². The fourth-order valence-corrected chi connectivity index (χ4v) is 3.76. The minimum Gasteiger partial charge on any atom is -0.507 e. The molecule has 4 aromatic carbocycles. The maximum Gasteiger partial charge on any atom is 0.174 e. The number of hydrogen-bond donors (Lipinski definition) is 2. The van der Waals surface area contributed by atoms with Gasteiger partial charge < -0.3 is 10.2 Å². The molecule has 0 radical (unpaired) electrons. The van der Waals surface area contributed by atoms with Gasteiger partial charge in [-0.05, 0) is 19.1 Å². The van der Waals surface area contributed by atoms with Crippen molar-refractivity contribution in [1.82, 2.24) is 0 Å². The summed E-state index contributed by atoms with van der Waals surface area (Å²) in [6, 6.07) is 20.8. The van der Waals surface area contributed by atoms with E-state index in [4.69, 9.17) is 9.98 Å². The summed E-state index contributed by atoms with van der Waals surface area (Å²) in [5, 5.41) is 25.3. The van der Waals surface area contributed by atoms with E-state index >= 15 is 0 Å². The Morgan fingerprint density at radius 3 is 2.08 bits per heavy atom. The summed E-state index contributed by atoms with van der Waals surface area (Å²) in [6.45, 7) is 1.95. The van der Waals surface area contributed by atoms with Gasteiger partial charge in [-0.15, -0.1) is 0 Å². The Balaban J connectivity index is 1.94. The van der Waals surface area contributed by atoms with E-state index in [1.807, 2.05) is 55.5 Å². The van der Waals surface area contributed by atoms with Crippen molar-refractivity contribution < 1.29 is 10.2 Å². The molecule has 0 amide bonds. The molecule has 1 aliphatic heterocycles. The molecule has 1 unspecified atom stereocenters. The minimum atomic E-state index is -0.744. The second kappa shape index (κ2) is 5.05. The minimum absolute atomic E-state index is 0.126. The van der Waals surface area contributed by atoms with Gasteiger partial charge in [0.25, 0.3) is 0 Å². The van der Waals surface area contributed by atoms with Crippen LogP contribution in [-0.2, 0) is 5.66 Å². The maximum absolute atomic E-state index is 10.9. The van der Waals surface area contributed by atoms with Gasteiger partial charge in [-0.3, -0.25) is 0 Å². The van der Waals surface area contributed by atoms with Crippen molar-refractivity contribution in [3.05, 3.63) is 83.0 Å². The normalized spacial score (nSPS) is 18.5. The molecule has 4 nitrogen and oxygen atoms in total. The second-order valence-corrected chi connectivity index (χ2v) is 6.71. The topological polar surface area (TPSA) is 65.2 Å². The molecule has 1 aliphatic rings. The Labute approximate surface area is 149 Å². The fourth-order valence-electron chi connectivity index (χ4n) is 3.76. The summed E-state index contributed by atoms with van der Waals surface area (Å²) >= 11 is 0. The predicted molar refractivity (Wildman–Crippen MR) is 101 cm³/mol. The molecule has 4 aromatic rings. The number of phenolic OH excluding ortho intramolecular Hbond substituents is 2. The van der Waals surface area contributed by atoms with Crippen LogP contribution < -0.4 is 10.7 Å². The molecule has 1 heterocycles. The van der Waals surface area contributed by atoms with Crippen molar-refractivity contribution in [3.63, 3.8) is 0 Å². The maximum atomic E-state index is 10.9. The Hall–Kier alpha value is -3.40. The van der Waals surface area contributed by atoms with Crippen LogP contribution >= 0.6 is 0 Å². The first kappa shape index (κ1) is 14.9. The van der Waals surface area contributed by atoms with Crippen LogP contribution in [0.4, 0.5) is 0 Å². The van der Waals surface area contributed by atoms with E-state index < -0.39 is 5.66 Å². The number of benzene rings is 4. The van der Waals surface area contributed by atoms with Gasteiger partial charge in [-0.1, -0.05) is 54.6 Å². The van der Waals surface area contributed by atoms with Crippen molar-refractivity contribution in [3.8, 4) is 11.5 Å². The number of aromatic hydroxyl groups is 2. The van der Waals surface area contributed by atoms with Crippen LogP contribution in [0.25, 0.3) is 21.5 Å². The molecule has 0 fully saturated rings. The zero-order valence-electron chi connectivity index (χ0n) is 14.1. The van der Waals surface area contributed by atoms with Crippen molar-refractivity contribution >= 4 is 21.5 Å². The van der Waals surface area contributed by atoms with Crippen LogP contribution in [0.3, 0.4) is 0 Å². The van der Waals surface area contributed by atoms with Crippen LogP contribution in [0.5, 0.6) is 11.5 Å². The Morgan fingerprint density at radius 1 is 0.692 bits per heavy atom. The van der Waals surface area contributed by atoms with Gasteiger partial charge in [0.1, 0.15) is 11.5 Å². The highest BCUT2D eigenvalue weighted by molar-refractivity contribution is 6.10. The zero-order chi connectivity index (χ0) is 17.9. The van der Waals surface area contributed by atoms with E-state index in [1.54, 1.807) is 18.2 Å². The molecule has 26 heavy (non-hydrogen) atoms. The molecule has 1 atom stereocenters. The number of fused-ring (bicyclic) bond motifs is 4. The van der Waals surface area contributed by atoms with E-state index in [9.17, 15) is 10.2 Å². The van der Waals surface area contributed by atoms with Crippen LogP contribution in [0, 0.1) is 0 Å². The molecular weight excluding hydrogens is 324 g/mol. The molecule has 2 N–H and O–H groups in total. The van der Waals surface area contributed by atoms with Crippen LogP contribution in [0.1, 0.15) is 12.5 Å². The highest BCUT2D eigenvalue weighted by Gasteiger charge is 2.29. The predicted octanol–water partition coefficient (Wildman–Crippen LogP) is 3.53. The molecule has 5 rings (SSSR count). The summed E-state index contributed by atoms with van der Waals surface area (Å²) in [5.74, 6) is 0.279. The lowest BCUT2D eigenvalue weighted by Gasteiger charge is -2.17. The van der Waals surface area contributed by atoms with Gasteiger partial charge in [-0.2, -0.15) is 0 Å². The highest BCUT2D eigenvalue weighted by atomic mass is 16.3. The number of phenols is 2. The van der Waals surface area contributed by atoms with E-state index in [2.05, 4.69) is 0 Å². The highest BCUT2D eigenvalue weighted by Crippen LogP contribution is 2.40. The lowest BCUT2D eigenvalue weighted by atomic mass is 10.00. The standard InChI is InChI=1S/C22H16N2O2/c1-22(13-7-3-2-4-8-13)23-17-12-11-16-18(19(17)24-22)21(26)15-10-6-5-9-14(15)20(16)25/h2-12,25-26H,1H3. The summed E-state index contributed by atoms with van der Waals surface area (Å²) in [7, 11) is 0. The Bertz CT molecular complexity index is 1310. The second-order valence-electron chi connectivity index (χ2n) is 6.71. The number of rotatable bonds is 1. The summed E-state index contributed by atoms with van der Waals surface area (Å²) in [4.78, 5) is 9.65. The summed E-state index contributed by atoms with van der Waals surface area (Å²) < 4.78 is 0. The summed E-state index contributed by atoms with van der Waals surface area (Å²) in [5.41, 5.74) is 0.236. The third-order valence-electron chi connectivity index (χ3n) is 5.07. The SMILES string of the molecule is CC1(c2ccccc2)N=c2ccc3c(O)c4ccccc4c(O)c3c2=N1. The third kappa shape index (κ3) is 1.90. The number of nitrogens with zero attached hydrogens (tertiary/aromatic N) is 2.